The maximum atomic E-state index is 4.55. The van der Waals surface area contributed by atoms with Gasteiger partial charge in [-0.05, 0) is 69.1 Å². The molecule has 0 bridgehead atoms. The number of pyridine rings is 2. The van der Waals surface area contributed by atoms with Gasteiger partial charge in [-0.15, -0.1) is 0 Å². The lowest BCUT2D eigenvalue weighted by Crippen LogP contribution is -2.25. The fourth-order valence-electron chi connectivity index (χ4n) is 5.20. The molecule has 0 saturated carbocycles. The van der Waals surface area contributed by atoms with E-state index in [1.807, 2.05) is 24.8 Å². The van der Waals surface area contributed by atoms with Crippen LogP contribution in [0, 0.1) is 0 Å². The molecule has 0 atom stereocenters. The lowest BCUT2D eigenvalue weighted by Gasteiger charge is -2.39. The van der Waals surface area contributed by atoms with Crippen molar-refractivity contribution >= 4 is 17.1 Å². The van der Waals surface area contributed by atoms with Crippen molar-refractivity contribution in [1.29, 1.82) is 0 Å². The number of hydrogen-bond acceptors (Lipinski definition) is 3. The van der Waals surface area contributed by atoms with Crippen LogP contribution in [0.15, 0.2) is 67.3 Å². The Bertz CT molecular complexity index is 1310. The summed E-state index contributed by atoms with van der Waals surface area (Å²) in [6, 6.07) is 15.8. The maximum absolute atomic E-state index is 4.55. The van der Waals surface area contributed by atoms with Gasteiger partial charge in [-0.25, -0.2) is 0 Å². The molecule has 3 heteroatoms. The molecule has 0 unspecified atom stereocenters. The summed E-state index contributed by atoms with van der Waals surface area (Å²) in [4.78, 5) is 11.4. The molecule has 2 aromatic heterocycles. The zero-order valence-electron chi connectivity index (χ0n) is 15.3. The van der Waals surface area contributed by atoms with Gasteiger partial charge in [0.2, 0.25) is 0 Å². The quantitative estimate of drug-likeness (QED) is 0.367. The van der Waals surface area contributed by atoms with Crippen molar-refractivity contribution in [3.63, 3.8) is 0 Å². The molecular weight excluding hydrogens is 342 g/mol. The Balaban J connectivity index is 1.51. The summed E-state index contributed by atoms with van der Waals surface area (Å²) in [6.07, 6.45) is 10.9. The van der Waals surface area contributed by atoms with E-state index in [-0.39, 0.29) is 0 Å². The Morgan fingerprint density at radius 1 is 0.607 bits per heavy atom. The standard InChI is InChI=1S/C25H17N3/c1-2-4-21-15(3-1)7-17-11-23-18(10-22(17)21)9-20-13-27-12-19-8-16-5-6-26-14-24(16)28(23)25(19)20/h1-6,10-14H,7-9H2. The topological polar surface area (TPSA) is 29.0 Å². The van der Waals surface area contributed by atoms with E-state index in [0.29, 0.717) is 0 Å². The van der Waals surface area contributed by atoms with Crippen LogP contribution in [0.3, 0.4) is 0 Å². The predicted molar refractivity (Wildman–Crippen MR) is 111 cm³/mol. The number of rotatable bonds is 0. The normalized spacial score (nSPS) is 14.6. The van der Waals surface area contributed by atoms with E-state index in [9.17, 15) is 0 Å². The van der Waals surface area contributed by atoms with Crippen LogP contribution >= 0.6 is 0 Å². The number of fused-ring (bicyclic) bond motifs is 7. The van der Waals surface area contributed by atoms with Gasteiger partial charge in [-0.1, -0.05) is 24.3 Å². The monoisotopic (exact) mass is 359 g/mol. The smallest absolute Gasteiger partial charge is 0.0680 e. The second-order valence-electron chi connectivity index (χ2n) is 7.97. The first kappa shape index (κ1) is 14.6. The van der Waals surface area contributed by atoms with Crippen LogP contribution in [0.5, 0.6) is 0 Å². The summed E-state index contributed by atoms with van der Waals surface area (Å²) in [7, 11) is 0. The molecule has 2 aliphatic heterocycles. The first-order valence-corrected chi connectivity index (χ1v) is 9.80. The molecule has 0 amide bonds. The predicted octanol–water partition coefficient (Wildman–Crippen LogP) is 5.33. The number of anilines is 3. The highest BCUT2D eigenvalue weighted by atomic mass is 15.2. The van der Waals surface area contributed by atoms with Crippen molar-refractivity contribution in [3.05, 3.63) is 101 Å². The molecule has 1 aliphatic carbocycles. The Morgan fingerprint density at radius 2 is 1.43 bits per heavy atom. The van der Waals surface area contributed by atoms with Gasteiger partial charge in [0, 0.05) is 31.4 Å². The Morgan fingerprint density at radius 3 is 2.36 bits per heavy atom. The van der Waals surface area contributed by atoms with Gasteiger partial charge < -0.3 is 4.90 Å². The zero-order valence-corrected chi connectivity index (χ0v) is 15.3. The number of hydrogen-bond donors (Lipinski definition) is 0. The lowest BCUT2D eigenvalue weighted by atomic mass is 9.87. The van der Waals surface area contributed by atoms with Gasteiger partial charge in [0.25, 0.3) is 0 Å². The molecule has 4 heterocycles. The minimum Gasteiger partial charge on any atom is -0.308 e. The largest absolute Gasteiger partial charge is 0.308 e. The van der Waals surface area contributed by atoms with Crippen LogP contribution in [0.25, 0.3) is 11.1 Å². The van der Waals surface area contributed by atoms with E-state index in [0.717, 1.165) is 19.3 Å². The van der Waals surface area contributed by atoms with Crippen molar-refractivity contribution in [1.82, 2.24) is 9.97 Å². The summed E-state index contributed by atoms with van der Waals surface area (Å²) >= 11 is 0. The van der Waals surface area contributed by atoms with Crippen LogP contribution in [0.1, 0.15) is 33.4 Å². The van der Waals surface area contributed by atoms with Crippen LogP contribution in [0.2, 0.25) is 0 Å². The number of benzene rings is 2. The second-order valence-corrected chi connectivity index (χ2v) is 7.97. The van der Waals surface area contributed by atoms with E-state index in [1.54, 1.807) is 0 Å². The van der Waals surface area contributed by atoms with Gasteiger partial charge in [0.15, 0.2) is 0 Å². The third-order valence-corrected chi connectivity index (χ3v) is 6.42. The highest BCUT2D eigenvalue weighted by molar-refractivity contribution is 5.91. The van der Waals surface area contributed by atoms with E-state index >= 15 is 0 Å². The SMILES string of the molecule is c1ccc2c(c1)Cc1cc3c(cc1-2)Cc1cncc2c1N3c1cnccc1C2. The average Bonchev–Trinajstić information content (AvgIpc) is 3.09. The molecule has 3 nitrogen and oxygen atoms in total. The molecule has 0 fully saturated rings. The third-order valence-electron chi connectivity index (χ3n) is 6.42. The van der Waals surface area contributed by atoms with Crippen molar-refractivity contribution in [2.24, 2.45) is 0 Å². The van der Waals surface area contributed by atoms with E-state index in [2.05, 4.69) is 57.3 Å². The zero-order chi connectivity index (χ0) is 18.2. The molecule has 4 aromatic rings. The molecule has 0 saturated heterocycles. The molecule has 0 N–H and O–H groups in total. The maximum Gasteiger partial charge on any atom is 0.0680 e. The van der Waals surface area contributed by atoms with Gasteiger partial charge in [0.05, 0.1) is 23.3 Å². The van der Waals surface area contributed by atoms with Crippen LogP contribution in [-0.4, -0.2) is 9.97 Å². The summed E-state index contributed by atoms with van der Waals surface area (Å²) in [5.41, 5.74) is 14.8. The number of nitrogens with zero attached hydrogens (tertiary/aromatic N) is 3. The number of aromatic nitrogens is 2. The van der Waals surface area contributed by atoms with Crippen LogP contribution in [-0.2, 0) is 19.3 Å². The summed E-state index contributed by atoms with van der Waals surface area (Å²) in [6.45, 7) is 0. The van der Waals surface area contributed by atoms with E-state index < -0.39 is 0 Å². The highest BCUT2D eigenvalue weighted by Crippen LogP contribution is 2.51. The molecule has 0 spiro atoms. The highest BCUT2D eigenvalue weighted by Gasteiger charge is 2.33. The average molecular weight is 359 g/mol. The molecular formula is C25H17N3. The first-order chi connectivity index (χ1) is 13.9. The fourth-order valence-corrected chi connectivity index (χ4v) is 5.20. The van der Waals surface area contributed by atoms with Gasteiger partial charge in [0.1, 0.15) is 0 Å². The third kappa shape index (κ3) is 1.79. The minimum absolute atomic E-state index is 0.927. The van der Waals surface area contributed by atoms with Gasteiger partial charge >= 0.3 is 0 Å². The van der Waals surface area contributed by atoms with Crippen LogP contribution < -0.4 is 4.90 Å². The second kappa shape index (κ2) is 5.08. The summed E-state index contributed by atoms with van der Waals surface area (Å²) in [5.74, 6) is 0. The molecule has 28 heavy (non-hydrogen) atoms. The van der Waals surface area contributed by atoms with Crippen LogP contribution in [0.4, 0.5) is 17.1 Å². The molecule has 7 rings (SSSR count). The minimum atomic E-state index is 0.927. The van der Waals surface area contributed by atoms with E-state index in [4.69, 9.17) is 0 Å². The molecule has 3 aliphatic rings. The van der Waals surface area contributed by atoms with Crippen molar-refractivity contribution in [3.8, 4) is 11.1 Å². The van der Waals surface area contributed by atoms with Crippen molar-refractivity contribution in [2.45, 2.75) is 19.3 Å². The Labute approximate surface area is 163 Å². The molecule has 0 radical (unpaired) electrons. The molecule has 2 aromatic carbocycles. The van der Waals surface area contributed by atoms with Gasteiger partial charge in [-0.3, -0.25) is 9.97 Å². The van der Waals surface area contributed by atoms with Crippen molar-refractivity contribution in [2.75, 3.05) is 4.90 Å². The Hall–Kier alpha value is -3.46. The lowest BCUT2D eigenvalue weighted by molar-refractivity contribution is 0.976. The Kier molecular flexibility index (Phi) is 2.64. The molecule has 132 valence electrons. The summed E-state index contributed by atoms with van der Waals surface area (Å²) < 4.78 is 0. The van der Waals surface area contributed by atoms with Crippen molar-refractivity contribution < 1.29 is 0 Å². The first-order valence-electron chi connectivity index (χ1n) is 9.80. The fraction of sp³-hybridized carbons (Fsp3) is 0.120. The van der Waals surface area contributed by atoms with E-state index in [1.165, 1.54) is 61.6 Å². The summed E-state index contributed by atoms with van der Waals surface area (Å²) in [5, 5.41) is 0. The van der Waals surface area contributed by atoms with Gasteiger partial charge in [-0.2, -0.15) is 0 Å².